The van der Waals surface area contributed by atoms with Gasteiger partial charge in [0.1, 0.15) is 12.2 Å². The van der Waals surface area contributed by atoms with E-state index >= 15 is 0 Å². The predicted molar refractivity (Wildman–Crippen MR) is 130 cm³/mol. The monoisotopic (exact) mass is 484 g/mol. The van der Waals surface area contributed by atoms with Crippen LogP contribution in [0.15, 0.2) is 29.2 Å². The summed E-state index contributed by atoms with van der Waals surface area (Å²) in [6, 6.07) is 8.05. The van der Waals surface area contributed by atoms with Gasteiger partial charge in [-0.05, 0) is 35.7 Å². The van der Waals surface area contributed by atoms with Crippen LogP contribution in [0.5, 0.6) is 0 Å². The molecular formula is C24H40O6SSi. The fraction of sp³-hybridized carbons (Fsp3) is 0.708. The Morgan fingerprint density at radius 2 is 1.59 bits per heavy atom. The second-order valence-electron chi connectivity index (χ2n) is 9.44. The first kappa shape index (κ1) is 27.3. The Bertz CT molecular complexity index is 702. The van der Waals surface area contributed by atoms with E-state index in [1.54, 1.807) is 7.11 Å². The first-order valence-corrected chi connectivity index (χ1v) is 14.3. The number of methoxy groups -OCH3 is 1. The molecule has 1 aliphatic rings. The molecule has 182 valence electrons. The number of ether oxygens (including phenoxy) is 3. The smallest absolute Gasteiger partial charge is 0.303 e. The maximum atomic E-state index is 11.8. The highest BCUT2D eigenvalue weighted by Gasteiger charge is 2.51. The topological polar surface area (TPSA) is 63.2 Å². The second-order valence-corrected chi connectivity index (χ2v) is 15.7. The zero-order valence-corrected chi connectivity index (χ0v) is 22.7. The van der Waals surface area contributed by atoms with Crippen LogP contribution in [0.4, 0.5) is 0 Å². The molecule has 0 saturated carbocycles. The molecule has 0 N–H and O–H groups in total. The van der Waals surface area contributed by atoms with E-state index in [1.807, 2.05) is 31.2 Å². The normalized spacial score (nSPS) is 24.0. The van der Waals surface area contributed by atoms with E-state index in [9.17, 15) is 4.79 Å². The van der Waals surface area contributed by atoms with Crippen molar-refractivity contribution in [2.75, 3.05) is 13.7 Å². The van der Waals surface area contributed by atoms with Crippen LogP contribution in [-0.2, 0) is 27.6 Å². The standard InChI is InChI=1S/C24H40O6SSi/c1-15(2)32(16(3)4,17(5)6)27-14-21-22(28-19(8)25)23(26-9)24(29-21)30-31-20-12-10-18(7)11-13-20/h10-13,15-17,21-24H,14H2,1-9H3/t21-,22-,23-,24+/m1/s1. The first-order chi connectivity index (χ1) is 15.0. The van der Waals surface area contributed by atoms with Crippen molar-refractivity contribution in [1.82, 2.24) is 0 Å². The number of carbonyl (C=O) groups excluding carboxylic acids is 1. The molecule has 1 fully saturated rings. The SMILES string of the molecule is CO[C@H]1[C@H](OSc2ccc(C)cc2)O[C@H](CO[Si](C(C)C)(C(C)C)C(C)C)[C@H]1OC(C)=O. The summed E-state index contributed by atoms with van der Waals surface area (Å²) in [5.41, 5.74) is 2.51. The van der Waals surface area contributed by atoms with E-state index in [2.05, 4.69) is 41.5 Å². The summed E-state index contributed by atoms with van der Waals surface area (Å²) in [6.07, 6.45) is -2.29. The van der Waals surface area contributed by atoms with E-state index < -0.39 is 32.9 Å². The van der Waals surface area contributed by atoms with Crippen LogP contribution < -0.4 is 0 Å². The molecule has 1 saturated heterocycles. The lowest BCUT2D eigenvalue weighted by molar-refractivity contribution is -0.154. The Hall–Kier alpha value is -0.903. The van der Waals surface area contributed by atoms with Crippen molar-refractivity contribution < 1.29 is 27.6 Å². The molecule has 0 radical (unpaired) electrons. The van der Waals surface area contributed by atoms with Crippen molar-refractivity contribution in [3.63, 3.8) is 0 Å². The zero-order valence-electron chi connectivity index (χ0n) is 20.9. The molecule has 0 unspecified atom stereocenters. The molecule has 1 aliphatic heterocycles. The quantitative estimate of drug-likeness (QED) is 0.221. The molecule has 6 nitrogen and oxygen atoms in total. The largest absolute Gasteiger partial charge is 0.457 e. The molecule has 1 heterocycles. The van der Waals surface area contributed by atoms with Gasteiger partial charge in [-0.2, -0.15) is 0 Å². The first-order valence-electron chi connectivity index (χ1n) is 11.4. The number of benzene rings is 1. The molecule has 32 heavy (non-hydrogen) atoms. The number of esters is 1. The summed E-state index contributed by atoms with van der Waals surface area (Å²) >= 11 is 1.23. The van der Waals surface area contributed by atoms with Crippen molar-refractivity contribution in [3.05, 3.63) is 29.8 Å². The third kappa shape index (κ3) is 6.36. The molecule has 8 heteroatoms. The lowest BCUT2D eigenvalue weighted by atomic mass is 10.1. The van der Waals surface area contributed by atoms with E-state index in [0.29, 0.717) is 23.2 Å². The van der Waals surface area contributed by atoms with Gasteiger partial charge in [0, 0.05) is 31.0 Å². The Balaban J connectivity index is 2.17. The van der Waals surface area contributed by atoms with E-state index in [4.69, 9.17) is 22.8 Å². The average molecular weight is 485 g/mol. The molecule has 0 aliphatic carbocycles. The van der Waals surface area contributed by atoms with E-state index in [0.717, 1.165) is 4.90 Å². The summed E-state index contributed by atoms with van der Waals surface area (Å²) in [4.78, 5) is 12.8. The van der Waals surface area contributed by atoms with Gasteiger partial charge in [-0.3, -0.25) is 8.98 Å². The molecule has 0 spiro atoms. The van der Waals surface area contributed by atoms with Gasteiger partial charge in [0.15, 0.2) is 14.4 Å². The highest BCUT2D eigenvalue weighted by Crippen LogP contribution is 2.43. The molecular weight excluding hydrogens is 444 g/mol. The molecule has 0 amide bonds. The van der Waals surface area contributed by atoms with Gasteiger partial charge >= 0.3 is 5.97 Å². The van der Waals surface area contributed by atoms with Crippen molar-refractivity contribution in [2.45, 2.75) is 102 Å². The van der Waals surface area contributed by atoms with Crippen LogP contribution >= 0.6 is 12.0 Å². The summed E-state index contributed by atoms with van der Waals surface area (Å²) in [6.45, 7) is 17.2. The highest BCUT2D eigenvalue weighted by molar-refractivity contribution is 7.94. The van der Waals surface area contributed by atoms with Gasteiger partial charge in [-0.25, -0.2) is 0 Å². The fourth-order valence-electron chi connectivity index (χ4n) is 4.91. The average Bonchev–Trinajstić information content (AvgIpc) is 3.03. The molecule has 1 aromatic carbocycles. The summed E-state index contributed by atoms with van der Waals surface area (Å²) < 4.78 is 30.2. The molecule has 0 aromatic heterocycles. The van der Waals surface area contributed by atoms with Crippen LogP contribution in [0.3, 0.4) is 0 Å². The third-order valence-electron chi connectivity index (χ3n) is 6.31. The maximum Gasteiger partial charge on any atom is 0.303 e. The minimum atomic E-state index is -2.10. The predicted octanol–water partition coefficient (Wildman–Crippen LogP) is 5.88. The summed E-state index contributed by atoms with van der Waals surface area (Å²) in [5, 5.41) is 0. The van der Waals surface area contributed by atoms with Gasteiger partial charge < -0.3 is 18.6 Å². The zero-order chi connectivity index (χ0) is 24.1. The molecule has 1 aromatic rings. The van der Waals surface area contributed by atoms with Crippen molar-refractivity contribution in [3.8, 4) is 0 Å². The van der Waals surface area contributed by atoms with E-state index in [-0.39, 0.29) is 5.97 Å². The van der Waals surface area contributed by atoms with Gasteiger partial charge in [0.2, 0.25) is 6.29 Å². The van der Waals surface area contributed by atoms with Crippen LogP contribution in [0, 0.1) is 6.92 Å². The maximum absolute atomic E-state index is 11.8. The Morgan fingerprint density at radius 3 is 2.06 bits per heavy atom. The van der Waals surface area contributed by atoms with Crippen molar-refractivity contribution in [2.24, 2.45) is 0 Å². The molecule has 4 atom stereocenters. The number of carbonyl (C=O) groups is 1. The Morgan fingerprint density at radius 1 is 1.03 bits per heavy atom. The van der Waals surface area contributed by atoms with Crippen LogP contribution in [0.1, 0.15) is 54.0 Å². The van der Waals surface area contributed by atoms with Gasteiger partial charge in [-0.1, -0.05) is 59.2 Å². The second kappa shape index (κ2) is 12.0. The number of aryl methyl sites for hydroxylation is 1. The number of hydrogen-bond donors (Lipinski definition) is 0. The highest BCUT2D eigenvalue weighted by atomic mass is 32.2. The van der Waals surface area contributed by atoms with Crippen LogP contribution in [0.2, 0.25) is 16.6 Å². The Labute approximate surface area is 199 Å². The van der Waals surface area contributed by atoms with Crippen molar-refractivity contribution >= 4 is 26.3 Å². The summed E-state index contributed by atoms with van der Waals surface area (Å²) in [5.74, 6) is -0.377. The lowest BCUT2D eigenvalue weighted by Gasteiger charge is -2.42. The third-order valence-corrected chi connectivity index (χ3v) is 13.1. The lowest BCUT2D eigenvalue weighted by Crippen LogP contribution is -2.50. The van der Waals surface area contributed by atoms with E-state index in [1.165, 1.54) is 24.5 Å². The summed E-state index contributed by atoms with van der Waals surface area (Å²) in [7, 11) is -0.523. The number of hydrogen-bond acceptors (Lipinski definition) is 7. The fourth-order valence-corrected chi connectivity index (χ4v) is 11.0. The Kier molecular flexibility index (Phi) is 10.2. The minimum Gasteiger partial charge on any atom is -0.457 e. The minimum absolute atomic E-state index is 0.341. The number of rotatable bonds is 11. The van der Waals surface area contributed by atoms with Crippen molar-refractivity contribution in [1.29, 1.82) is 0 Å². The van der Waals surface area contributed by atoms with Gasteiger partial charge in [-0.15, -0.1) is 0 Å². The molecule has 2 rings (SSSR count). The van der Waals surface area contributed by atoms with Gasteiger partial charge in [0.05, 0.1) is 6.61 Å². The van der Waals surface area contributed by atoms with Gasteiger partial charge in [0.25, 0.3) is 0 Å². The van der Waals surface area contributed by atoms with Crippen LogP contribution in [0.25, 0.3) is 0 Å². The molecule has 0 bridgehead atoms. The van der Waals surface area contributed by atoms with Crippen LogP contribution in [-0.4, -0.2) is 52.6 Å².